The molecule has 0 unspecified atom stereocenters. The molecule has 80 valence electrons. The molecular weight excluding hydrogens is 180 g/mol. The summed E-state index contributed by atoms with van der Waals surface area (Å²) in [6, 6.07) is -0.592. The molecule has 1 atom stereocenters. The fourth-order valence-electron chi connectivity index (χ4n) is 1.49. The van der Waals surface area contributed by atoms with Gasteiger partial charge in [-0.1, -0.05) is 12.2 Å². The summed E-state index contributed by atoms with van der Waals surface area (Å²) in [5.41, 5.74) is 6.35. The average molecular weight is 198 g/mol. The molecule has 1 amide bonds. The number of likely N-dealkylation sites (tertiary alicyclic amines) is 1. The second-order valence-electron chi connectivity index (χ2n) is 3.88. The van der Waals surface area contributed by atoms with Gasteiger partial charge in [0, 0.05) is 13.1 Å². The quantitative estimate of drug-likeness (QED) is 0.608. The Hall–Kier alpha value is -0.870. The first-order valence-corrected chi connectivity index (χ1v) is 4.90. The van der Waals surface area contributed by atoms with Crippen LogP contribution in [0.1, 0.15) is 19.8 Å². The lowest BCUT2D eigenvalue weighted by atomic mass is 10.1. The van der Waals surface area contributed by atoms with Crippen molar-refractivity contribution in [3.05, 3.63) is 12.2 Å². The van der Waals surface area contributed by atoms with Crippen molar-refractivity contribution in [2.45, 2.75) is 31.9 Å². The molecule has 1 saturated heterocycles. The van der Waals surface area contributed by atoms with Crippen molar-refractivity contribution in [1.29, 1.82) is 0 Å². The predicted octanol–water partition coefficient (Wildman–Crippen LogP) is -0.127. The number of aliphatic hydroxyl groups is 1. The molecule has 1 aliphatic rings. The van der Waals surface area contributed by atoms with E-state index in [1.54, 1.807) is 11.8 Å². The van der Waals surface area contributed by atoms with Crippen LogP contribution >= 0.6 is 0 Å². The molecule has 4 heteroatoms. The number of carbonyl (C=O) groups excluding carboxylic acids is 1. The maximum absolute atomic E-state index is 11.7. The van der Waals surface area contributed by atoms with Crippen molar-refractivity contribution in [1.82, 2.24) is 4.90 Å². The summed E-state index contributed by atoms with van der Waals surface area (Å²) in [5.74, 6) is -0.0793. The Labute approximate surface area is 84.4 Å². The Morgan fingerprint density at radius 1 is 1.57 bits per heavy atom. The van der Waals surface area contributed by atoms with Crippen molar-refractivity contribution in [3.8, 4) is 0 Å². The normalized spacial score (nSPS) is 20.6. The van der Waals surface area contributed by atoms with Gasteiger partial charge in [-0.2, -0.15) is 0 Å². The molecule has 14 heavy (non-hydrogen) atoms. The van der Waals surface area contributed by atoms with Crippen molar-refractivity contribution in [2.75, 3.05) is 13.1 Å². The largest absolute Gasteiger partial charge is 0.393 e. The Morgan fingerprint density at radius 2 is 2.07 bits per heavy atom. The van der Waals surface area contributed by atoms with Gasteiger partial charge in [0.15, 0.2) is 0 Å². The standard InChI is InChI=1S/C10H18N2O2/c1-7(2)9(11)10(14)12-5-3-8(13)4-6-12/h8-9,13H,1,3-6,11H2,2H3/t9-/m0/s1. The van der Waals surface area contributed by atoms with Crippen LogP contribution < -0.4 is 5.73 Å². The minimum Gasteiger partial charge on any atom is -0.393 e. The fraction of sp³-hybridized carbons (Fsp3) is 0.700. The number of piperidine rings is 1. The maximum Gasteiger partial charge on any atom is 0.243 e. The average Bonchev–Trinajstić information content (AvgIpc) is 2.16. The van der Waals surface area contributed by atoms with Gasteiger partial charge in [-0.15, -0.1) is 0 Å². The molecule has 0 spiro atoms. The number of hydrogen-bond acceptors (Lipinski definition) is 3. The van der Waals surface area contributed by atoms with Gasteiger partial charge in [0.25, 0.3) is 0 Å². The topological polar surface area (TPSA) is 66.6 Å². The van der Waals surface area contributed by atoms with Gasteiger partial charge in [0.2, 0.25) is 5.91 Å². The van der Waals surface area contributed by atoms with Gasteiger partial charge >= 0.3 is 0 Å². The van der Waals surface area contributed by atoms with Gasteiger partial charge in [-0.25, -0.2) is 0 Å². The number of rotatable bonds is 2. The molecule has 0 aromatic heterocycles. The van der Waals surface area contributed by atoms with Gasteiger partial charge in [0.1, 0.15) is 6.04 Å². The summed E-state index contributed by atoms with van der Waals surface area (Å²) >= 11 is 0. The van der Waals surface area contributed by atoms with E-state index in [-0.39, 0.29) is 12.0 Å². The molecule has 1 heterocycles. The van der Waals surface area contributed by atoms with Gasteiger partial charge in [-0.05, 0) is 19.8 Å². The molecular formula is C10H18N2O2. The third-order valence-electron chi connectivity index (χ3n) is 2.57. The molecule has 0 aromatic carbocycles. The highest BCUT2D eigenvalue weighted by Gasteiger charge is 2.25. The summed E-state index contributed by atoms with van der Waals surface area (Å²) < 4.78 is 0. The molecule has 3 N–H and O–H groups in total. The number of nitrogens with two attached hydrogens (primary N) is 1. The van der Waals surface area contributed by atoms with E-state index in [0.29, 0.717) is 31.5 Å². The second kappa shape index (κ2) is 4.57. The zero-order valence-corrected chi connectivity index (χ0v) is 8.57. The fourth-order valence-corrected chi connectivity index (χ4v) is 1.49. The Kier molecular flexibility index (Phi) is 3.66. The van der Waals surface area contributed by atoms with Crippen molar-refractivity contribution < 1.29 is 9.90 Å². The molecule has 0 aromatic rings. The first-order valence-electron chi connectivity index (χ1n) is 4.90. The van der Waals surface area contributed by atoms with E-state index in [1.807, 2.05) is 0 Å². The minimum absolute atomic E-state index is 0.0793. The van der Waals surface area contributed by atoms with E-state index < -0.39 is 6.04 Å². The first kappa shape index (κ1) is 11.2. The molecule has 1 rings (SSSR count). The van der Waals surface area contributed by atoms with E-state index in [1.165, 1.54) is 0 Å². The number of nitrogens with zero attached hydrogens (tertiary/aromatic N) is 1. The summed E-state index contributed by atoms with van der Waals surface area (Å²) in [7, 11) is 0. The van der Waals surface area contributed by atoms with Crippen molar-refractivity contribution in [3.63, 3.8) is 0 Å². The van der Waals surface area contributed by atoms with E-state index in [0.717, 1.165) is 0 Å². The Balaban J connectivity index is 2.49. The van der Waals surface area contributed by atoms with E-state index in [2.05, 4.69) is 6.58 Å². The highest BCUT2D eigenvalue weighted by atomic mass is 16.3. The van der Waals surface area contributed by atoms with Crippen LogP contribution in [0.3, 0.4) is 0 Å². The number of carbonyl (C=O) groups is 1. The number of hydrogen-bond donors (Lipinski definition) is 2. The van der Waals surface area contributed by atoms with Crippen LogP contribution in [0.4, 0.5) is 0 Å². The smallest absolute Gasteiger partial charge is 0.243 e. The lowest BCUT2D eigenvalue weighted by Crippen LogP contribution is -2.48. The lowest BCUT2D eigenvalue weighted by molar-refractivity contribution is -0.133. The summed E-state index contributed by atoms with van der Waals surface area (Å²) in [4.78, 5) is 13.4. The molecule has 1 aliphatic heterocycles. The second-order valence-corrected chi connectivity index (χ2v) is 3.88. The zero-order chi connectivity index (χ0) is 10.7. The van der Waals surface area contributed by atoms with E-state index in [4.69, 9.17) is 5.73 Å². The van der Waals surface area contributed by atoms with Crippen molar-refractivity contribution >= 4 is 5.91 Å². The van der Waals surface area contributed by atoms with Crippen molar-refractivity contribution in [2.24, 2.45) is 5.73 Å². The molecule has 0 radical (unpaired) electrons. The van der Waals surface area contributed by atoms with Crippen LogP contribution in [0.5, 0.6) is 0 Å². The molecule has 0 saturated carbocycles. The monoisotopic (exact) mass is 198 g/mol. The van der Waals surface area contributed by atoms with Gasteiger partial charge in [0.05, 0.1) is 6.10 Å². The van der Waals surface area contributed by atoms with Crippen LogP contribution in [0, 0.1) is 0 Å². The van der Waals surface area contributed by atoms with Crippen LogP contribution in [-0.2, 0) is 4.79 Å². The highest BCUT2D eigenvalue weighted by molar-refractivity contribution is 5.84. The minimum atomic E-state index is -0.592. The highest BCUT2D eigenvalue weighted by Crippen LogP contribution is 2.12. The lowest BCUT2D eigenvalue weighted by Gasteiger charge is -2.31. The predicted molar refractivity (Wildman–Crippen MR) is 54.6 cm³/mol. The molecule has 4 nitrogen and oxygen atoms in total. The van der Waals surface area contributed by atoms with Crippen LogP contribution in [0.2, 0.25) is 0 Å². The molecule has 1 fully saturated rings. The van der Waals surface area contributed by atoms with E-state index >= 15 is 0 Å². The first-order chi connectivity index (χ1) is 6.52. The Morgan fingerprint density at radius 3 is 2.50 bits per heavy atom. The third kappa shape index (κ3) is 2.56. The number of amides is 1. The van der Waals surface area contributed by atoms with E-state index in [9.17, 15) is 9.90 Å². The molecule has 0 bridgehead atoms. The van der Waals surface area contributed by atoms with Gasteiger partial charge in [-0.3, -0.25) is 4.79 Å². The molecule has 0 aliphatic carbocycles. The van der Waals surface area contributed by atoms with Crippen LogP contribution in [-0.4, -0.2) is 41.1 Å². The summed E-state index contributed by atoms with van der Waals surface area (Å²) in [6.07, 6.45) is 1.03. The third-order valence-corrected chi connectivity index (χ3v) is 2.57. The number of aliphatic hydroxyl groups excluding tert-OH is 1. The Bertz CT molecular complexity index is 232. The van der Waals surface area contributed by atoms with Gasteiger partial charge < -0.3 is 15.7 Å². The van der Waals surface area contributed by atoms with Crippen LogP contribution in [0.25, 0.3) is 0 Å². The zero-order valence-electron chi connectivity index (χ0n) is 8.57. The summed E-state index contributed by atoms with van der Waals surface area (Å²) in [5, 5.41) is 9.27. The summed E-state index contributed by atoms with van der Waals surface area (Å²) in [6.45, 7) is 6.61. The SMILES string of the molecule is C=C(C)[C@H](N)C(=O)N1CCC(O)CC1. The maximum atomic E-state index is 11.7. The van der Waals surface area contributed by atoms with Crippen LogP contribution in [0.15, 0.2) is 12.2 Å².